The minimum atomic E-state index is 0.529. The number of ether oxygens (including phenoxy) is 1. The van der Waals surface area contributed by atoms with E-state index in [4.69, 9.17) is 4.74 Å². The number of rotatable bonds is 5. The molecule has 1 saturated carbocycles. The zero-order valence-electron chi connectivity index (χ0n) is 16.3. The Bertz CT molecular complexity index is 748. The summed E-state index contributed by atoms with van der Waals surface area (Å²) in [5.41, 5.74) is 1.94. The van der Waals surface area contributed by atoms with Gasteiger partial charge < -0.3 is 15.0 Å². The van der Waals surface area contributed by atoms with Crippen molar-refractivity contribution in [2.45, 2.75) is 31.7 Å². The van der Waals surface area contributed by atoms with Crippen molar-refractivity contribution in [2.75, 3.05) is 38.2 Å². The second-order valence-corrected chi connectivity index (χ2v) is 8.65. The number of nitrogens with one attached hydrogen (secondary N) is 1. The highest BCUT2D eigenvalue weighted by atomic mass is 16.5. The highest BCUT2D eigenvalue weighted by Crippen LogP contribution is 2.39. The third-order valence-corrected chi connectivity index (χ3v) is 6.68. The van der Waals surface area contributed by atoms with E-state index in [9.17, 15) is 0 Å². The molecule has 0 spiro atoms. The highest BCUT2D eigenvalue weighted by Gasteiger charge is 2.41. The molecule has 6 heteroatoms. The first-order valence-electron chi connectivity index (χ1n) is 10.6. The van der Waals surface area contributed by atoms with Gasteiger partial charge in [-0.15, -0.1) is 10.2 Å². The summed E-state index contributed by atoms with van der Waals surface area (Å²) in [5.74, 6) is 3.40. The van der Waals surface area contributed by atoms with Crippen molar-refractivity contribution in [1.29, 1.82) is 0 Å². The van der Waals surface area contributed by atoms with E-state index in [2.05, 4.69) is 25.4 Å². The van der Waals surface area contributed by atoms with Gasteiger partial charge in [0.1, 0.15) is 5.82 Å². The van der Waals surface area contributed by atoms with Crippen LogP contribution >= 0.6 is 0 Å². The number of hydrogen-bond acceptors (Lipinski definition) is 6. The summed E-state index contributed by atoms with van der Waals surface area (Å²) in [6.07, 6.45) is 8.55. The van der Waals surface area contributed by atoms with Gasteiger partial charge in [-0.3, -0.25) is 4.98 Å². The van der Waals surface area contributed by atoms with Gasteiger partial charge in [-0.25, -0.2) is 0 Å². The van der Waals surface area contributed by atoms with Gasteiger partial charge >= 0.3 is 0 Å². The lowest BCUT2D eigenvalue weighted by Gasteiger charge is -2.27. The summed E-state index contributed by atoms with van der Waals surface area (Å²) in [6, 6.07) is 8.54. The zero-order chi connectivity index (χ0) is 18.8. The third-order valence-electron chi connectivity index (χ3n) is 6.68. The molecule has 2 saturated heterocycles. The van der Waals surface area contributed by atoms with E-state index in [1.165, 1.54) is 45.3 Å². The molecule has 3 fully saturated rings. The van der Waals surface area contributed by atoms with E-state index >= 15 is 0 Å². The average Bonchev–Trinajstić information content (AvgIpc) is 3.28. The van der Waals surface area contributed by atoms with E-state index in [0.29, 0.717) is 6.04 Å². The number of aromatic nitrogens is 3. The van der Waals surface area contributed by atoms with Crippen LogP contribution in [0.3, 0.4) is 0 Å². The van der Waals surface area contributed by atoms with Crippen molar-refractivity contribution in [3.8, 4) is 11.3 Å². The Kier molecular flexibility index (Phi) is 5.23. The minimum Gasteiger partial charge on any atom is -0.381 e. The maximum Gasteiger partial charge on any atom is 0.148 e. The monoisotopic (exact) mass is 379 g/mol. The number of nitrogens with zero attached hydrogens (tertiary/aromatic N) is 4. The predicted molar refractivity (Wildman–Crippen MR) is 109 cm³/mol. The molecular weight excluding hydrogens is 350 g/mol. The number of hydrogen-bond donors (Lipinski definition) is 1. The van der Waals surface area contributed by atoms with Gasteiger partial charge in [-0.05, 0) is 67.7 Å². The summed E-state index contributed by atoms with van der Waals surface area (Å²) < 4.78 is 5.50. The summed E-state index contributed by atoms with van der Waals surface area (Å²) in [4.78, 5) is 6.77. The van der Waals surface area contributed by atoms with Gasteiger partial charge in [-0.2, -0.15) is 0 Å². The van der Waals surface area contributed by atoms with Crippen LogP contribution in [0.5, 0.6) is 0 Å². The first-order chi connectivity index (χ1) is 13.8. The molecule has 5 rings (SSSR count). The van der Waals surface area contributed by atoms with Crippen LogP contribution in [0.15, 0.2) is 36.7 Å². The standard InChI is InChI=1S/C22H29N5O/c1-2-22(26-25-21(1)17-3-7-23-8-4-17)24-20-11-18-14-27(15-19(18)12-20)13-16-5-9-28-10-6-16/h1-4,7-8,16,18-20H,5-6,9-15H2,(H,24,26)/t18-,19+,20+. The molecule has 148 valence electrons. The Morgan fingerprint density at radius 1 is 0.964 bits per heavy atom. The maximum absolute atomic E-state index is 5.50. The second kappa shape index (κ2) is 8.13. The molecule has 2 aromatic rings. The van der Waals surface area contributed by atoms with E-state index in [0.717, 1.165) is 48.0 Å². The SMILES string of the molecule is c1cc(-c2ccc(N[C@H]3C[C@@H]4CN(CC5CCOCC5)C[C@@H]4C3)nn2)ccn1. The molecule has 0 bridgehead atoms. The smallest absolute Gasteiger partial charge is 0.148 e. The van der Waals surface area contributed by atoms with Crippen molar-refractivity contribution in [3.05, 3.63) is 36.7 Å². The molecule has 3 aliphatic rings. The average molecular weight is 380 g/mol. The van der Waals surface area contributed by atoms with Gasteiger partial charge in [0, 0.05) is 56.8 Å². The van der Waals surface area contributed by atoms with Crippen LogP contribution in [-0.4, -0.2) is 59.0 Å². The molecular formula is C22H29N5O. The largest absolute Gasteiger partial charge is 0.381 e. The van der Waals surface area contributed by atoms with Crippen LogP contribution in [-0.2, 0) is 4.74 Å². The summed E-state index contributed by atoms with van der Waals surface area (Å²) in [7, 11) is 0. The highest BCUT2D eigenvalue weighted by molar-refractivity contribution is 5.58. The van der Waals surface area contributed by atoms with Crippen LogP contribution in [0.25, 0.3) is 11.3 Å². The first-order valence-corrected chi connectivity index (χ1v) is 10.6. The molecule has 6 nitrogen and oxygen atoms in total. The van der Waals surface area contributed by atoms with Crippen LogP contribution in [0.4, 0.5) is 5.82 Å². The van der Waals surface area contributed by atoms with E-state index < -0.39 is 0 Å². The van der Waals surface area contributed by atoms with E-state index in [1.807, 2.05) is 24.3 Å². The topological polar surface area (TPSA) is 63.2 Å². The van der Waals surface area contributed by atoms with Crippen molar-refractivity contribution in [3.63, 3.8) is 0 Å². The molecule has 0 amide bonds. The molecule has 0 aromatic carbocycles. The van der Waals surface area contributed by atoms with Crippen LogP contribution in [0.2, 0.25) is 0 Å². The number of fused-ring (bicyclic) bond motifs is 1. The quantitative estimate of drug-likeness (QED) is 0.861. The molecule has 0 unspecified atom stereocenters. The van der Waals surface area contributed by atoms with Crippen molar-refractivity contribution < 1.29 is 4.74 Å². The van der Waals surface area contributed by atoms with Crippen molar-refractivity contribution >= 4 is 5.82 Å². The zero-order valence-corrected chi connectivity index (χ0v) is 16.3. The fraction of sp³-hybridized carbons (Fsp3) is 0.591. The van der Waals surface area contributed by atoms with E-state index in [-0.39, 0.29) is 0 Å². The Morgan fingerprint density at radius 2 is 1.71 bits per heavy atom. The third kappa shape index (κ3) is 4.03. The van der Waals surface area contributed by atoms with Crippen molar-refractivity contribution in [1.82, 2.24) is 20.1 Å². The fourth-order valence-corrected chi connectivity index (χ4v) is 5.25. The second-order valence-electron chi connectivity index (χ2n) is 8.65. The molecule has 4 heterocycles. The summed E-state index contributed by atoms with van der Waals surface area (Å²) in [5, 5.41) is 12.4. The van der Waals surface area contributed by atoms with Gasteiger partial charge in [0.15, 0.2) is 0 Å². The van der Waals surface area contributed by atoms with Crippen molar-refractivity contribution in [2.24, 2.45) is 17.8 Å². The molecule has 1 N–H and O–H groups in total. The van der Waals surface area contributed by atoms with Gasteiger partial charge in [0.05, 0.1) is 5.69 Å². The first kappa shape index (κ1) is 18.0. The minimum absolute atomic E-state index is 0.529. The van der Waals surface area contributed by atoms with Gasteiger partial charge in [-0.1, -0.05) is 0 Å². The normalized spacial score (nSPS) is 28.4. The fourth-order valence-electron chi connectivity index (χ4n) is 5.25. The molecule has 28 heavy (non-hydrogen) atoms. The van der Waals surface area contributed by atoms with Crippen LogP contribution < -0.4 is 5.32 Å². The van der Waals surface area contributed by atoms with E-state index in [1.54, 1.807) is 12.4 Å². The Balaban J connectivity index is 1.12. The Labute approximate surface area is 166 Å². The van der Waals surface area contributed by atoms with Crippen LogP contribution in [0, 0.1) is 17.8 Å². The number of likely N-dealkylation sites (tertiary alicyclic amines) is 1. The molecule has 2 aliphatic heterocycles. The Morgan fingerprint density at radius 3 is 2.39 bits per heavy atom. The number of anilines is 1. The molecule has 0 radical (unpaired) electrons. The lowest BCUT2D eigenvalue weighted by molar-refractivity contribution is 0.0545. The van der Waals surface area contributed by atoms with Gasteiger partial charge in [0.2, 0.25) is 0 Å². The number of pyridine rings is 1. The van der Waals surface area contributed by atoms with Gasteiger partial charge in [0.25, 0.3) is 0 Å². The summed E-state index contributed by atoms with van der Waals surface area (Å²) >= 11 is 0. The lowest BCUT2D eigenvalue weighted by atomic mass is 10.00. The van der Waals surface area contributed by atoms with Crippen LogP contribution in [0.1, 0.15) is 25.7 Å². The molecule has 3 atom stereocenters. The Hall–Kier alpha value is -2.05. The molecule has 1 aliphatic carbocycles. The lowest BCUT2D eigenvalue weighted by Crippen LogP contribution is -2.32. The maximum atomic E-state index is 5.50. The summed E-state index contributed by atoms with van der Waals surface area (Å²) in [6.45, 7) is 5.73. The predicted octanol–water partition coefficient (Wildman–Crippen LogP) is 3.09. The molecule has 2 aromatic heterocycles.